The van der Waals surface area contributed by atoms with Crippen LogP contribution in [0.25, 0.3) is 6.08 Å². The summed E-state index contributed by atoms with van der Waals surface area (Å²) in [6.07, 6.45) is 7.08. The Morgan fingerprint density at radius 2 is 1.86 bits per heavy atom. The van der Waals surface area contributed by atoms with Gasteiger partial charge in [0, 0.05) is 10.0 Å². The van der Waals surface area contributed by atoms with Crippen molar-refractivity contribution in [2.75, 3.05) is 33.5 Å². The lowest BCUT2D eigenvalue weighted by atomic mass is 9.95. The summed E-state index contributed by atoms with van der Waals surface area (Å²) in [7, 11) is 1.27. The molecule has 1 aromatic heterocycles. The van der Waals surface area contributed by atoms with Gasteiger partial charge < -0.3 is 23.7 Å². The van der Waals surface area contributed by atoms with Crippen LogP contribution in [-0.2, 0) is 19.1 Å². The zero-order valence-electron chi connectivity index (χ0n) is 24.0. The normalized spacial score (nSPS) is 14.3. The molecule has 0 saturated carbocycles. The fourth-order valence-electron chi connectivity index (χ4n) is 4.41. The number of carbonyl (C=O) groups excluding carboxylic acids is 2. The number of fused-ring (bicyclic) bond motifs is 1. The van der Waals surface area contributed by atoms with E-state index in [9.17, 15) is 14.4 Å². The maximum absolute atomic E-state index is 14.0. The third kappa shape index (κ3) is 7.01. The average Bonchev–Trinajstić information content (AvgIpc) is 3.29. The van der Waals surface area contributed by atoms with Crippen molar-refractivity contribution in [1.82, 2.24) is 4.57 Å². The van der Waals surface area contributed by atoms with Crippen LogP contribution in [0.4, 0.5) is 0 Å². The van der Waals surface area contributed by atoms with Gasteiger partial charge in [-0.15, -0.1) is 6.42 Å². The minimum atomic E-state index is -0.883. The topological polar surface area (TPSA) is 115 Å². The Morgan fingerprint density at radius 3 is 2.56 bits per heavy atom. The molecule has 3 aromatic rings. The van der Waals surface area contributed by atoms with Gasteiger partial charge in [0.05, 0.1) is 42.2 Å². The van der Waals surface area contributed by atoms with E-state index in [4.69, 9.17) is 25.4 Å². The number of methoxy groups -OCH3 is 1. The molecule has 0 radical (unpaired) electrons. The first-order valence-electron chi connectivity index (χ1n) is 13.2. The Balaban J connectivity index is 1.91. The van der Waals surface area contributed by atoms with Crippen LogP contribution in [0.1, 0.15) is 37.9 Å². The van der Waals surface area contributed by atoms with Crippen LogP contribution < -0.4 is 29.1 Å². The predicted octanol–water partition coefficient (Wildman–Crippen LogP) is 3.52. The van der Waals surface area contributed by atoms with Gasteiger partial charge in [0.1, 0.15) is 12.4 Å². The van der Waals surface area contributed by atoms with E-state index in [1.807, 2.05) is 12.1 Å². The molecule has 0 unspecified atom stereocenters. The van der Waals surface area contributed by atoms with E-state index in [0.717, 1.165) is 4.47 Å². The number of terminal acetylenes is 1. The van der Waals surface area contributed by atoms with Crippen LogP contribution in [0.2, 0.25) is 0 Å². The van der Waals surface area contributed by atoms with Crippen LogP contribution in [0.15, 0.2) is 61.9 Å². The summed E-state index contributed by atoms with van der Waals surface area (Å²) in [6, 6.07) is 9.51. The van der Waals surface area contributed by atoms with Crippen LogP contribution >= 0.6 is 27.3 Å². The largest absolute Gasteiger partial charge is 0.490 e. The number of halogens is 1. The molecule has 4 rings (SSSR count). The highest BCUT2D eigenvalue weighted by atomic mass is 79.9. The number of hydrogen-bond acceptors (Lipinski definition) is 10. The van der Waals surface area contributed by atoms with Gasteiger partial charge in [-0.1, -0.05) is 39.3 Å². The van der Waals surface area contributed by atoms with Gasteiger partial charge in [0.15, 0.2) is 22.9 Å². The number of carbonyl (C=O) groups is 2. The second kappa shape index (κ2) is 14.2. The molecule has 0 aliphatic carbocycles. The number of hydrogen-bond donors (Lipinski definition) is 0. The van der Waals surface area contributed by atoms with Gasteiger partial charge in [-0.3, -0.25) is 9.36 Å². The molecule has 0 N–H and O–H groups in total. The van der Waals surface area contributed by atoms with Gasteiger partial charge in [0.25, 0.3) is 5.56 Å². The van der Waals surface area contributed by atoms with Crippen molar-refractivity contribution in [2.24, 2.45) is 4.99 Å². The van der Waals surface area contributed by atoms with Crippen LogP contribution in [0, 0.1) is 12.3 Å². The SMILES string of the molecule is C#CCOc1ccc(Br)cc1/C=c1/sc2n(c1=O)[C@H](c1ccc(OCC(=O)OC)c(OCC)c1)C(C(=O)OCC)=C(C)N=2. The van der Waals surface area contributed by atoms with E-state index in [1.165, 1.54) is 23.0 Å². The second-order valence-corrected chi connectivity index (χ2v) is 10.9. The minimum absolute atomic E-state index is 0.0628. The van der Waals surface area contributed by atoms with Crippen molar-refractivity contribution in [2.45, 2.75) is 26.8 Å². The van der Waals surface area contributed by atoms with Crippen LogP contribution in [0.3, 0.4) is 0 Å². The molecule has 2 heterocycles. The molecule has 43 heavy (non-hydrogen) atoms. The fourth-order valence-corrected chi connectivity index (χ4v) is 5.83. The number of benzene rings is 2. The van der Waals surface area contributed by atoms with Crippen molar-refractivity contribution in [1.29, 1.82) is 0 Å². The van der Waals surface area contributed by atoms with Gasteiger partial charge in [0.2, 0.25) is 0 Å². The monoisotopic (exact) mass is 668 g/mol. The number of aromatic nitrogens is 1. The van der Waals surface area contributed by atoms with E-state index in [2.05, 4.69) is 31.6 Å². The maximum atomic E-state index is 14.0. The molecule has 1 aliphatic rings. The van der Waals surface area contributed by atoms with Crippen molar-refractivity contribution in [3.8, 4) is 29.6 Å². The third-order valence-electron chi connectivity index (χ3n) is 6.24. The van der Waals surface area contributed by atoms with Gasteiger partial charge in [-0.2, -0.15) is 0 Å². The Hall–Kier alpha value is -4.34. The van der Waals surface area contributed by atoms with Crippen molar-refractivity contribution >= 4 is 45.3 Å². The van der Waals surface area contributed by atoms with Gasteiger partial charge >= 0.3 is 11.9 Å². The molecule has 0 fully saturated rings. The standard InChI is InChI=1S/C31H29BrN2O8S/c1-6-13-41-22-12-10-21(32)14-20(22)16-25-29(36)34-28(27(30(37)40-8-3)18(4)33-31(34)43-25)19-9-11-23(24(15-19)39-7-2)42-17-26(35)38-5/h1,9-12,14-16,28H,7-8,13,17H2,2-5H3/b25-16+/t28-/m1/s1. The molecule has 10 nitrogen and oxygen atoms in total. The highest BCUT2D eigenvalue weighted by Gasteiger charge is 2.34. The summed E-state index contributed by atoms with van der Waals surface area (Å²) in [4.78, 5) is 44.0. The summed E-state index contributed by atoms with van der Waals surface area (Å²) >= 11 is 4.65. The van der Waals surface area contributed by atoms with E-state index in [0.29, 0.717) is 50.0 Å². The highest BCUT2D eigenvalue weighted by molar-refractivity contribution is 9.10. The molecule has 0 amide bonds. The summed E-state index contributed by atoms with van der Waals surface area (Å²) in [5.74, 6) is 2.43. The lowest BCUT2D eigenvalue weighted by Crippen LogP contribution is -2.40. The summed E-state index contributed by atoms with van der Waals surface area (Å²) < 4.78 is 29.8. The molecule has 0 spiro atoms. The molecule has 12 heteroatoms. The second-order valence-electron chi connectivity index (χ2n) is 8.98. The number of thiazole rings is 1. The molecule has 2 aromatic carbocycles. The lowest BCUT2D eigenvalue weighted by molar-refractivity contribution is -0.143. The molecule has 0 bridgehead atoms. The first-order valence-corrected chi connectivity index (χ1v) is 14.8. The number of ether oxygens (including phenoxy) is 5. The molecular weight excluding hydrogens is 640 g/mol. The van der Waals surface area contributed by atoms with E-state index < -0.39 is 18.0 Å². The molecule has 1 atom stereocenters. The summed E-state index contributed by atoms with van der Waals surface area (Å²) in [5, 5.41) is 0. The summed E-state index contributed by atoms with van der Waals surface area (Å²) in [6.45, 7) is 5.40. The van der Waals surface area contributed by atoms with Crippen molar-refractivity contribution < 1.29 is 33.3 Å². The Labute approximate surface area is 260 Å². The molecule has 0 saturated heterocycles. The molecule has 224 valence electrons. The predicted molar refractivity (Wildman–Crippen MR) is 164 cm³/mol. The van der Waals surface area contributed by atoms with Crippen molar-refractivity contribution in [3.63, 3.8) is 0 Å². The average molecular weight is 670 g/mol. The van der Waals surface area contributed by atoms with Gasteiger partial charge in [-0.25, -0.2) is 14.6 Å². The lowest BCUT2D eigenvalue weighted by Gasteiger charge is -2.25. The smallest absolute Gasteiger partial charge is 0.343 e. The first kappa shape index (κ1) is 31.6. The maximum Gasteiger partial charge on any atom is 0.343 e. The quantitative estimate of drug-likeness (QED) is 0.225. The molecule has 1 aliphatic heterocycles. The number of esters is 2. The number of allylic oxidation sites excluding steroid dienone is 1. The van der Waals surface area contributed by atoms with Crippen LogP contribution in [0.5, 0.6) is 17.2 Å². The number of nitrogens with zero attached hydrogens (tertiary/aromatic N) is 2. The summed E-state index contributed by atoms with van der Waals surface area (Å²) in [5.41, 5.74) is 1.46. The van der Waals surface area contributed by atoms with Crippen LogP contribution in [-0.4, -0.2) is 50.0 Å². The fraction of sp³-hybridized carbons (Fsp3) is 0.290. The Morgan fingerprint density at radius 1 is 1.09 bits per heavy atom. The molecular formula is C31H29BrN2O8S. The Bertz CT molecular complexity index is 1800. The zero-order valence-corrected chi connectivity index (χ0v) is 26.4. The van der Waals surface area contributed by atoms with E-state index in [-0.39, 0.29) is 31.0 Å². The first-order chi connectivity index (χ1) is 20.7. The minimum Gasteiger partial charge on any atom is -0.490 e. The van der Waals surface area contributed by atoms with Gasteiger partial charge in [-0.05, 0) is 62.7 Å². The van der Waals surface area contributed by atoms with E-state index in [1.54, 1.807) is 51.1 Å². The Kier molecular flexibility index (Phi) is 10.4. The van der Waals surface area contributed by atoms with Crippen molar-refractivity contribution in [3.05, 3.63) is 83.0 Å². The zero-order chi connectivity index (χ0) is 31.1. The van der Waals surface area contributed by atoms with E-state index >= 15 is 0 Å². The third-order valence-corrected chi connectivity index (χ3v) is 7.72. The number of rotatable bonds is 11. The highest BCUT2D eigenvalue weighted by Crippen LogP contribution is 2.36.